The molecule has 1 heterocycles. The molecule has 0 N–H and O–H groups in total. The molecule has 0 radical (unpaired) electrons. The Hall–Kier alpha value is -1.79. The first-order valence-electron chi connectivity index (χ1n) is 5.47. The van der Waals surface area contributed by atoms with Crippen LogP contribution in [0.3, 0.4) is 0 Å². The SMILES string of the molecule is CC[N+]1(C)C=CN(c2ccc(C#N)cc2)C1. The van der Waals surface area contributed by atoms with Gasteiger partial charge < -0.3 is 0 Å². The van der Waals surface area contributed by atoms with Crippen LogP contribution in [-0.2, 0) is 0 Å². The maximum Gasteiger partial charge on any atom is 0.162 e. The number of hydrogen-bond donors (Lipinski definition) is 0. The van der Waals surface area contributed by atoms with Gasteiger partial charge in [0.1, 0.15) is 6.20 Å². The van der Waals surface area contributed by atoms with Crippen molar-refractivity contribution in [3.05, 3.63) is 42.2 Å². The molecule has 3 nitrogen and oxygen atoms in total. The van der Waals surface area contributed by atoms with E-state index in [2.05, 4.69) is 37.3 Å². The van der Waals surface area contributed by atoms with Gasteiger partial charge in [0.15, 0.2) is 6.67 Å². The highest BCUT2D eigenvalue weighted by molar-refractivity contribution is 5.51. The number of rotatable bonds is 2. The molecule has 1 unspecified atom stereocenters. The second-order valence-electron chi connectivity index (χ2n) is 4.36. The van der Waals surface area contributed by atoms with Gasteiger partial charge in [-0.1, -0.05) is 0 Å². The molecule has 82 valence electrons. The fourth-order valence-electron chi connectivity index (χ4n) is 1.78. The van der Waals surface area contributed by atoms with Crippen LogP contribution in [0, 0.1) is 11.3 Å². The van der Waals surface area contributed by atoms with E-state index in [0.29, 0.717) is 5.56 Å². The summed E-state index contributed by atoms with van der Waals surface area (Å²) in [7, 11) is 2.21. The summed E-state index contributed by atoms with van der Waals surface area (Å²) in [6, 6.07) is 9.84. The van der Waals surface area contributed by atoms with E-state index in [4.69, 9.17) is 5.26 Å². The van der Waals surface area contributed by atoms with Crippen molar-refractivity contribution in [1.82, 2.24) is 0 Å². The Labute approximate surface area is 96.4 Å². The van der Waals surface area contributed by atoms with Gasteiger partial charge in [0, 0.05) is 5.69 Å². The van der Waals surface area contributed by atoms with Gasteiger partial charge in [0.2, 0.25) is 0 Å². The van der Waals surface area contributed by atoms with Gasteiger partial charge in [-0.25, -0.2) is 0 Å². The van der Waals surface area contributed by atoms with E-state index < -0.39 is 0 Å². The summed E-state index contributed by atoms with van der Waals surface area (Å²) >= 11 is 0. The predicted molar refractivity (Wildman–Crippen MR) is 64.4 cm³/mol. The molecule has 0 bridgehead atoms. The minimum Gasteiger partial charge on any atom is -0.295 e. The molecule has 0 amide bonds. The van der Waals surface area contributed by atoms with Gasteiger partial charge >= 0.3 is 0 Å². The molecule has 0 saturated carbocycles. The van der Waals surface area contributed by atoms with Crippen LogP contribution in [0.1, 0.15) is 12.5 Å². The van der Waals surface area contributed by atoms with Gasteiger partial charge in [-0.05, 0) is 31.2 Å². The minimum atomic E-state index is 0.708. The number of benzene rings is 1. The van der Waals surface area contributed by atoms with Crippen LogP contribution in [0.25, 0.3) is 0 Å². The zero-order valence-corrected chi connectivity index (χ0v) is 9.72. The van der Waals surface area contributed by atoms with Gasteiger partial charge in [-0.15, -0.1) is 0 Å². The summed E-state index contributed by atoms with van der Waals surface area (Å²) in [5.74, 6) is 0. The quantitative estimate of drug-likeness (QED) is 0.706. The standard InChI is InChI=1S/C13H16N3/c1-3-16(2)9-8-15(11-16)13-6-4-12(10-14)5-7-13/h4-9H,3,11H2,1-2H3/q+1. The molecule has 0 fully saturated rings. The summed E-state index contributed by atoms with van der Waals surface area (Å²) in [6.07, 6.45) is 4.32. The first-order chi connectivity index (χ1) is 7.67. The van der Waals surface area contributed by atoms with Crippen LogP contribution in [-0.4, -0.2) is 24.7 Å². The summed E-state index contributed by atoms with van der Waals surface area (Å²) < 4.78 is 0.931. The number of anilines is 1. The Morgan fingerprint density at radius 3 is 2.56 bits per heavy atom. The number of hydrogen-bond acceptors (Lipinski definition) is 2. The zero-order chi connectivity index (χ0) is 11.6. The largest absolute Gasteiger partial charge is 0.295 e. The maximum atomic E-state index is 8.73. The van der Waals surface area contributed by atoms with E-state index in [1.807, 2.05) is 24.3 Å². The normalized spacial score (nSPS) is 23.4. The topological polar surface area (TPSA) is 27.0 Å². The average molecular weight is 214 g/mol. The zero-order valence-electron chi connectivity index (χ0n) is 9.72. The van der Waals surface area contributed by atoms with Crippen LogP contribution in [0.2, 0.25) is 0 Å². The second-order valence-corrected chi connectivity index (χ2v) is 4.36. The van der Waals surface area contributed by atoms with Crippen molar-refractivity contribution in [3.8, 4) is 6.07 Å². The molecule has 16 heavy (non-hydrogen) atoms. The Kier molecular flexibility index (Phi) is 2.67. The number of nitriles is 1. The van der Waals surface area contributed by atoms with E-state index >= 15 is 0 Å². The lowest BCUT2D eigenvalue weighted by molar-refractivity contribution is -0.851. The summed E-state index contributed by atoms with van der Waals surface area (Å²) in [6.45, 7) is 4.23. The molecule has 1 aromatic carbocycles. The van der Waals surface area contributed by atoms with Crippen molar-refractivity contribution < 1.29 is 4.48 Å². The predicted octanol–water partition coefficient (Wildman–Crippen LogP) is 2.27. The molecule has 0 aliphatic carbocycles. The van der Waals surface area contributed by atoms with E-state index in [9.17, 15) is 0 Å². The van der Waals surface area contributed by atoms with Crippen molar-refractivity contribution >= 4 is 5.69 Å². The highest BCUT2D eigenvalue weighted by Gasteiger charge is 2.25. The van der Waals surface area contributed by atoms with Crippen molar-refractivity contribution in [2.75, 3.05) is 25.2 Å². The third kappa shape index (κ3) is 1.93. The highest BCUT2D eigenvalue weighted by Crippen LogP contribution is 2.22. The van der Waals surface area contributed by atoms with Crippen LogP contribution in [0.15, 0.2) is 36.7 Å². The van der Waals surface area contributed by atoms with Crippen molar-refractivity contribution in [2.24, 2.45) is 0 Å². The molecular weight excluding hydrogens is 198 g/mol. The molecular formula is C13H16N3+. The fraction of sp³-hybridized carbons (Fsp3) is 0.308. The van der Waals surface area contributed by atoms with Crippen LogP contribution in [0.5, 0.6) is 0 Å². The van der Waals surface area contributed by atoms with E-state index in [1.165, 1.54) is 0 Å². The third-order valence-corrected chi connectivity index (χ3v) is 3.13. The minimum absolute atomic E-state index is 0.708. The summed E-state index contributed by atoms with van der Waals surface area (Å²) in [5.41, 5.74) is 1.85. The van der Waals surface area contributed by atoms with E-state index in [-0.39, 0.29) is 0 Å². The Morgan fingerprint density at radius 1 is 1.38 bits per heavy atom. The Bertz CT molecular complexity index is 441. The lowest BCUT2D eigenvalue weighted by Crippen LogP contribution is -2.40. The maximum absolute atomic E-state index is 8.73. The smallest absolute Gasteiger partial charge is 0.162 e. The lowest BCUT2D eigenvalue weighted by atomic mass is 10.2. The van der Waals surface area contributed by atoms with Gasteiger partial charge in [-0.3, -0.25) is 9.38 Å². The van der Waals surface area contributed by atoms with E-state index in [1.54, 1.807) is 0 Å². The van der Waals surface area contributed by atoms with E-state index in [0.717, 1.165) is 23.4 Å². The van der Waals surface area contributed by atoms with Crippen molar-refractivity contribution in [3.63, 3.8) is 0 Å². The molecule has 2 rings (SSSR count). The van der Waals surface area contributed by atoms with Crippen LogP contribution in [0.4, 0.5) is 5.69 Å². The number of quaternary nitrogens is 1. The molecule has 0 saturated heterocycles. The summed E-state index contributed by atoms with van der Waals surface area (Å²) in [4.78, 5) is 2.21. The van der Waals surface area contributed by atoms with Gasteiger partial charge in [0.25, 0.3) is 0 Å². The number of nitrogens with zero attached hydrogens (tertiary/aromatic N) is 3. The molecule has 0 spiro atoms. The van der Waals surface area contributed by atoms with Crippen molar-refractivity contribution in [2.45, 2.75) is 6.92 Å². The second kappa shape index (κ2) is 3.99. The molecule has 1 aromatic rings. The Morgan fingerprint density at radius 2 is 2.06 bits per heavy atom. The molecule has 0 aromatic heterocycles. The monoisotopic (exact) mass is 214 g/mol. The first-order valence-corrected chi connectivity index (χ1v) is 5.47. The van der Waals surface area contributed by atoms with Crippen molar-refractivity contribution in [1.29, 1.82) is 5.26 Å². The molecule has 1 aliphatic rings. The first kappa shape index (κ1) is 10.7. The van der Waals surface area contributed by atoms with Gasteiger partial charge in [0.05, 0.1) is 31.4 Å². The summed E-state index contributed by atoms with van der Waals surface area (Å²) in [5, 5.41) is 8.73. The average Bonchev–Trinajstić information content (AvgIpc) is 2.73. The fourth-order valence-corrected chi connectivity index (χ4v) is 1.78. The molecule has 3 heteroatoms. The van der Waals surface area contributed by atoms with Crippen LogP contribution >= 0.6 is 0 Å². The Balaban J connectivity index is 2.16. The highest BCUT2D eigenvalue weighted by atomic mass is 15.5. The third-order valence-electron chi connectivity index (χ3n) is 3.13. The van der Waals surface area contributed by atoms with Gasteiger partial charge in [-0.2, -0.15) is 5.26 Å². The molecule has 1 aliphatic heterocycles. The lowest BCUT2D eigenvalue weighted by Gasteiger charge is -2.27. The van der Waals surface area contributed by atoms with Crippen LogP contribution < -0.4 is 4.90 Å². The molecule has 1 atom stereocenters.